The Kier molecular flexibility index (Phi) is 4.88. The van der Waals surface area contributed by atoms with Crippen LogP contribution in [0.2, 0.25) is 0 Å². The van der Waals surface area contributed by atoms with E-state index in [9.17, 15) is 4.79 Å². The van der Waals surface area contributed by atoms with Gasteiger partial charge in [0.15, 0.2) is 0 Å². The van der Waals surface area contributed by atoms with E-state index in [-0.39, 0.29) is 5.56 Å². The lowest BCUT2D eigenvalue weighted by Crippen LogP contribution is -2.25. The molecule has 0 radical (unpaired) electrons. The van der Waals surface area contributed by atoms with Crippen molar-refractivity contribution in [3.05, 3.63) is 23.8 Å². The average Bonchev–Trinajstić information content (AvgIpc) is 2.65. The molecule has 1 unspecified atom stereocenters. The molecule has 1 aliphatic rings. The zero-order valence-corrected chi connectivity index (χ0v) is 12.1. The van der Waals surface area contributed by atoms with Crippen molar-refractivity contribution in [3.8, 4) is 0 Å². The van der Waals surface area contributed by atoms with Crippen molar-refractivity contribution in [1.82, 2.24) is 0 Å². The lowest BCUT2D eigenvalue weighted by Gasteiger charge is -2.24. The molecule has 2 rings (SSSR count). The second kappa shape index (κ2) is 6.64. The molecule has 4 heteroatoms. The first-order chi connectivity index (χ1) is 9.61. The molecule has 0 saturated carbocycles. The summed E-state index contributed by atoms with van der Waals surface area (Å²) in [6, 6.07) is 5.05. The fourth-order valence-corrected chi connectivity index (χ4v) is 3.08. The number of nitrogens with two attached hydrogens (primary N) is 1. The Morgan fingerprint density at radius 2 is 2.20 bits per heavy atom. The summed E-state index contributed by atoms with van der Waals surface area (Å²) in [4.78, 5) is 13.2. The van der Waals surface area contributed by atoms with Crippen molar-refractivity contribution in [3.63, 3.8) is 0 Å². The molecule has 1 saturated heterocycles. The van der Waals surface area contributed by atoms with Crippen LogP contribution in [-0.4, -0.2) is 24.2 Å². The summed E-state index contributed by atoms with van der Waals surface area (Å²) in [5, 5.41) is 8.98. The number of carbonyl (C=O) groups is 1. The molecule has 0 aromatic heterocycles. The number of carboxylic acid groups (broad SMARTS) is 1. The quantitative estimate of drug-likeness (QED) is 0.827. The second-order valence-corrected chi connectivity index (χ2v) is 5.65. The van der Waals surface area contributed by atoms with Gasteiger partial charge in [0, 0.05) is 13.1 Å². The van der Waals surface area contributed by atoms with E-state index in [0.717, 1.165) is 24.7 Å². The molecule has 1 atom stereocenters. The highest BCUT2D eigenvalue weighted by Crippen LogP contribution is 2.29. The van der Waals surface area contributed by atoms with Gasteiger partial charge in [-0.1, -0.05) is 19.8 Å². The predicted octanol–water partition coefficient (Wildman–Crippen LogP) is 3.37. The maximum absolute atomic E-state index is 10.9. The van der Waals surface area contributed by atoms with E-state index in [1.807, 2.05) is 6.07 Å². The SMILES string of the molecule is CCCC1CCCN(c2ccc(C(=O)O)cc2N)CC1. The van der Waals surface area contributed by atoms with E-state index in [2.05, 4.69) is 11.8 Å². The Balaban J connectivity index is 2.09. The van der Waals surface area contributed by atoms with E-state index >= 15 is 0 Å². The highest BCUT2D eigenvalue weighted by atomic mass is 16.4. The molecule has 110 valence electrons. The normalized spacial score (nSPS) is 19.6. The number of nitrogen functional groups attached to an aromatic ring is 1. The van der Waals surface area contributed by atoms with Crippen LogP contribution in [0.4, 0.5) is 11.4 Å². The summed E-state index contributed by atoms with van der Waals surface area (Å²) in [7, 11) is 0. The van der Waals surface area contributed by atoms with Crippen LogP contribution in [0.3, 0.4) is 0 Å². The molecule has 0 aliphatic carbocycles. The van der Waals surface area contributed by atoms with Crippen LogP contribution in [0, 0.1) is 5.92 Å². The van der Waals surface area contributed by atoms with Crippen molar-refractivity contribution in [1.29, 1.82) is 0 Å². The fraction of sp³-hybridized carbons (Fsp3) is 0.562. The summed E-state index contributed by atoms with van der Waals surface area (Å²) in [6.45, 7) is 4.27. The third-order valence-electron chi connectivity index (χ3n) is 4.16. The van der Waals surface area contributed by atoms with Crippen molar-refractivity contribution in [2.45, 2.75) is 39.0 Å². The summed E-state index contributed by atoms with van der Waals surface area (Å²) < 4.78 is 0. The molecule has 0 amide bonds. The minimum atomic E-state index is -0.929. The van der Waals surface area contributed by atoms with Gasteiger partial charge in [0.2, 0.25) is 0 Å². The van der Waals surface area contributed by atoms with Crippen LogP contribution in [0.25, 0.3) is 0 Å². The maximum atomic E-state index is 10.9. The van der Waals surface area contributed by atoms with Gasteiger partial charge in [-0.25, -0.2) is 4.79 Å². The smallest absolute Gasteiger partial charge is 0.335 e. The molecule has 0 spiro atoms. The standard InChI is InChI=1S/C16H24N2O2/c1-2-4-12-5-3-9-18(10-8-12)15-7-6-13(16(19)20)11-14(15)17/h6-7,11-12H,2-5,8-10,17H2,1H3,(H,19,20). The number of aromatic carboxylic acids is 1. The van der Waals surface area contributed by atoms with E-state index in [4.69, 9.17) is 10.8 Å². The minimum absolute atomic E-state index is 0.255. The number of anilines is 2. The zero-order chi connectivity index (χ0) is 14.5. The molecule has 1 aromatic rings. The Morgan fingerprint density at radius 1 is 1.40 bits per heavy atom. The summed E-state index contributed by atoms with van der Waals surface area (Å²) >= 11 is 0. The zero-order valence-electron chi connectivity index (χ0n) is 12.1. The van der Waals surface area contributed by atoms with Crippen LogP contribution in [0.5, 0.6) is 0 Å². The number of nitrogens with zero attached hydrogens (tertiary/aromatic N) is 1. The predicted molar refractivity (Wildman–Crippen MR) is 82.3 cm³/mol. The van der Waals surface area contributed by atoms with Gasteiger partial charge in [0.25, 0.3) is 0 Å². The number of hydrogen-bond acceptors (Lipinski definition) is 3. The monoisotopic (exact) mass is 276 g/mol. The molecule has 3 N–H and O–H groups in total. The molecule has 0 bridgehead atoms. The molecule has 4 nitrogen and oxygen atoms in total. The lowest BCUT2D eigenvalue weighted by molar-refractivity contribution is 0.0697. The lowest BCUT2D eigenvalue weighted by atomic mass is 9.96. The number of hydrogen-bond donors (Lipinski definition) is 2. The Hall–Kier alpha value is -1.71. The first-order valence-corrected chi connectivity index (χ1v) is 7.49. The van der Waals surface area contributed by atoms with Crippen LogP contribution >= 0.6 is 0 Å². The largest absolute Gasteiger partial charge is 0.478 e. The molecule has 1 fully saturated rings. The third kappa shape index (κ3) is 3.44. The Bertz CT molecular complexity index is 474. The maximum Gasteiger partial charge on any atom is 0.335 e. The average molecular weight is 276 g/mol. The number of carboxylic acids is 1. The van der Waals surface area contributed by atoms with E-state index < -0.39 is 5.97 Å². The van der Waals surface area contributed by atoms with Gasteiger partial charge < -0.3 is 15.7 Å². The number of rotatable bonds is 4. The molecule has 1 aliphatic heterocycles. The van der Waals surface area contributed by atoms with Crippen LogP contribution in [0.15, 0.2) is 18.2 Å². The molecular weight excluding hydrogens is 252 g/mol. The van der Waals surface area contributed by atoms with Crippen LogP contribution in [0.1, 0.15) is 49.4 Å². The molecular formula is C16H24N2O2. The molecule has 1 heterocycles. The highest BCUT2D eigenvalue weighted by Gasteiger charge is 2.18. The van der Waals surface area contributed by atoms with Crippen LogP contribution < -0.4 is 10.6 Å². The van der Waals surface area contributed by atoms with Gasteiger partial charge in [0.05, 0.1) is 16.9 Å². The Labute approximate surface area is 120 Å². The van der Waals surface area contributed by atoms with Gasteiger partial charge >= 0.3 is 5.97 Å². The van der Waals surface area contributed by atoms with Crippen molar-refractivity contribution in [2.75, 3.05) is 23.7 Å². The summed E-state index contributed by atoms with van der Waals surface area (Å²) in [6.07, 6.45) is 6.23. The Morgan fingerprint density at radius 3 is 2.85 bits per heavy atom. The van der Waals surface area contributed by atoms with Gasteiger partial charge in [0.1, 0.15) is 0 Å². The van der Waals surface area contributed by atoms with Crippen LogP contribution in [-0.2, 0) is 0 Å². The molecule has 20 heavy (non-hydrogen) atoms. The fourth-order valence-electron chi connectivity index (χ4n) is 3.08. The second-order valence-electron chi connectivity index (χ2n) is 5.65. The third-order valence-corrected chi connectivity index (χ3v) is 4.16. The van der Waals surface area contributed by atoms with Gasteiger partial charge in [-0.3, -0.25) is 0 Å². The van der Waals surface area contributed by atoms with Gasteiger partial charge in [-0.15, -0.1) is 0 Å². The van der Waals surface area contributed by atoms with E-state index in [1.54, 1.807) is 12.1 Å². The van der Waals surface area contributed by atoms with Crippen molar-refractivity contribution in [2.24, 2.45) is 5.92 Å². The van der Waals surface area contributed by atoms with Crippen molar-refractivity contribution < 1.29 is 9.90 Å². The first-order valence-electron chi connectivity index (χ1n) is 7.49. The summed E-state index contributed by atoms with van der Waals surface area (Å²) in [5.41, 5.74) is 7.83. The van der Waals surface area contributed by atoms with Gasteiger partial charge in [-0.05, 0) is 43.4 Å². The van der Waals surface area contributed by atoms with E-state index in [1.165, 1.54) is 32.1 Å². The minimum Gasteiger partial charge on any atom is -0.478 e. The van der Waals surface area contributed by atoms with E-state index in [0.29, 0.717) is 5.69 Å². The molecule has 1 aromatic carbocycles. The van der Waals surface area contributed by atoms with Gasteiger partial charge in [-0.2, -0.15) is 0 Å². The van der Waals surface area contributed by atoms with Crippen molar-refractivity contribution >= 4 is 17.3 Å². The summed E-state index contributed by atoms with van der Waals surface area (Å²) in [5.74, 6) is -0.105. The number of benzene rings is 1. The topological polar surface area (TPSA) is 66.6 Å². The first kappa shape index (κ1) is 14.7. The highest BCUT2D eigenvalue weighted by molar-refractivity contribution is 5.90.